The first kappa shape index (κ1) is 27.3. The monoisotopic (exact) mass is 504 g/mol. The van der Waals surface area contributed by atoms with E-state index in [4.69, 9.17) is 16.3 Å². The third-order valence-electron chi connectivity index (χ3n) is 5.86. The lowest BCUT2D eigenvalue weighted by atomic mass is 9.92. The minimum atomic E-state index is -5.00. The van der Waals surface area contributed by atoms with Gasteiger partial charge in [-0.1, -0.05) is 13.3 Å². The molecule has 2 saturated heterocycles. The molecule has 0 aromatic rings. The molecule has 0 aliphatic carbocycles. The van der Waals surface area contributed by atoms with Crippen LogP contribution in [0.15, 0.2) is 0 Å². The first-order valence-electron chi connectivity index (χ1n) is 10.3. The molecule has 2 aliphatic heterocycles. The number of carbonyl (C=O) groups is 1. The highest BCUT2D eigenvalue weighted by atomic mass is 35.5. The zero-order valence-electron chi connectivity index (χ0n) is 18.1. The van der Waals surface area contributed by atoms with Crippen LogP contribution in [0.2, 0.25) is 0 Å². The number of aliphatic hydroxyl groups is 2. The largest absolute Gasteiger partial charge is 0.470 e. The summed E-state index contributed by atoms with van der Waals surface area (Å²) >= 11 is 7.42. The van der Waals surface area contributed by atoms with E-state index >= 15 is 0 Å². The second-order valence-corrected chi connectivity index (χ2v) is 11.1. The standard InChI is InChI=1S/C18H34ClN2O8PS/c1-5-6-10-7-11(21(3)8-10)17(24)20-12(9(2)19)15-13(22)16(29-30(25,26)27)14(23)18(28-15)31-4/h9-16,18,22-23H,5-8H2,1-4H3,(H,20,24)(H2,25,26,27)/t9?,10?,11-,12?,13+,14?,15?,16?,18-/m1/s1. The Morgan fingerprint density at radius 2 is 2.03 bits per heavy atom. The van der Waals surface area contributed by atoms with Gasteiger partial charge in [-0.2, -0.15) is 0 Å². The summed E-state index contributed by atoms with van der Waals surface area (Å²) in [6.07, 6.45) is -1.47. The van der Waals surface area contributed by atoms with Gasteiger partial charge in [-0.15, -0.1) is 23.4 Å². The molecule has 0 radical (unpaired) electrons. The molecule has 31 heavy (non-hydrogen) atoms. The predicted molar refractivity (Wildman–Crippen MR) is 118 cm³/mol. The van der Waals surface area contributed by atoms with Gasteiger partial charge >= 0.3 is 7.82 Å². The summed E-state index contributed by atoms with van der Waals surface area (Å²) in [5.41, 5.74) is -0.942. The Morgan fingerprint density at radius 1 is 1.39 bits per heavy atom. The molecular formula is C18H34ClN2O8PS. The molecule has 5 N–H and O–H groups in total. The van der Waals surface area contributed by atoms with Crippen LogP contribution in [0, 0.1) is 5.92 Å². The van der Waals surface area contributed by atoms with E-state index in [0.717, 1.165) is 31.1 Å². The van der Waals surface area contributed by atoms with Gasteiger partial charge in [-0.3, -0.25) is 14.2 Å². The lowest BCUT2D eigenvalue weighted by molar-refractivity contribution is -0.201. The fourth-order valence-electron chi connectivity index (χ4n) is 4.38. The average molecular weight is 505 g/mol. The Balaban J connectivity index is 2.20. The number of phosphoric ester groups is 1. The molecule has 2 fully saturated rings. The summed E-state index contributed by atoms with van der Waals surface area (Å²) in [7, 11) is -3.12. The van der Waals surface area contributed by atoms with Crippen LogP contribution in [0.5, 0.6) is 0 Å². The number of halogens is 1. The molecule has 10 nitrogen and oxygen atoms in total. The lowest BCUT2D eigenvalue weighted by Gasteiger charge is -2.45. The molecule has 6 unspecified atom stereocenters. The van der Waals surface area contributed by atoms with E-state index in [2.05, 4.69) is 16.8 Å². The van der Waals surface area contributed by atoms with Crippen LogP contribution in [0.25, 0.3) is 0 Å². The van der Waals surface area contributed by atoms with Gasteiger partial charge in [0.1, 0.15) is 29.9 Å². The van der Waals surface area contributed by atoms with E-state index in [1.54, 1.807) is 13.2 Å². The zero-order valence-corrected chi connectivity index (χ0v) is 20.6. The summed E-state index contributed by atoms with van der Waals surface area (Å²) in [5.74, 6) is 0.167. The molecular weight excluding hydrogens is 471 g/mol. The summed E-state index contributed by atoms with van der Waals surface area (Å²) in [4.78, 5) is 33.4. The van der Waals surface area contributed by atoms with Crippen molar-refractivity contribution in [2.45, 2.75) is 80.4 Å². The first-order chi connectivity index (χ1) is 14.4. The normalized spacial score (nSPS) is 36.9. The number of nitrogens with zero attached hydrogens (tertiary/aromatic N) is 1. The zero-order chi connectivity index (χ0) is 23.5. The third kappa shape index (κ3) is 7.02. The highest BCUT2D eigenvalue weighted by Crippen LogP contribution is 2.43. The molecule has 0 saturated carbocycles. The van der Waals surface area contributed by atoms with Crippen LogP contribution in [-0.4, -0.2) is 98.0 Å². The fourth-order valence-corrected chi connectivity index (χ4v) is 5.83. The number of hydrogen-bond acceptors (Lipinski definition) is 8. The van der Waals surface area contributed by atoms with Crippen molar-refractivity contribution in [1.82, 2.24) is 10.2 Å². The fraction of sp³-hybridized carbons (Fsp3) is 0.944. The topological polar surface area (TPSA) is 149 Å². The van der Waals surface area contributed by atoms with Gasteiger partial charge in [0.25, 0.3) is 0 Å². The van der Waals surface area contributed by atoms with Gasteiger partial charge < -0.3 is 30.1 Å². The number of likely N-dealkylation sites (N-methyl/N-ethyl adjacent to an activating group) is 1. The van der Waals surface area contributed by atoms with Gasteiger partial charge in [0.2, 0.25) is 5.91 Å². The van der Waals surface area contributed by atoms with Crippen molar-refractivity contribution in [3.8, 4) is 0 Å². The maximum atomic E-state index is 13.0. The first-order valence-corrected chi connectivity index (χ1v) is 13.6. The molecule has 2 aliphatic rings. The van der Waals surface area contributed by atoms with Crippen molar-refractivity contribution >= 4 is 37.1 Å². The van der Waals surface area contributed by atoms with Gasteiger partial charge in [0, 0.05) is 6.54 Å². The van der Waals surface area contributed by atoms with Crippen molar-refractivity contribution in [3.63, 3.8) is 0 Å². The number of rotatable bonds is 9. The van der Waals surface area contributed by atoms with Crippen molar-refractivity contribution in [2.24, 2.45) is 5.92 Å². The van der Waals surface area contributed by atoms with Crippen molar-refractivity contribution in [1.29, 1.82) is 0 Å². The Labute approximate surface area is 192 Å². The van der Waals surface area contributed by atoms with Crippen LogP contribution >= 0.6 is 31.2 Å². The van der Waals surface area contributed by atoms with Gasteiger partial charge in [0.05, 0.1) is 17.5 Å². The Kier molecular flexibility index (Phi) is 10.1. The number of carbonyl (C=O) groups excluding carboxylic acids is 1. The Bertz CT molecular complexity index is 656. The van der Waals surface area contributed by atoms with E-state index in [1.807, 2.05) is 11.9 Å². The number of nitrogens with one attached hydrogen (secondary N) is 1. The SMILES string of the molecule is CCCC1C[C@H](C(=O)NC(C(C)Cl)C2O[C@H](SC)C(O)C(OP(=O)(O)O)[C@H]2O)N(C)C1. The van der Waals surface area contributed by atoms with E-state index in [9.17, 15) is 29.4 Å². The average Bonchev–Trinajstić information content (AvgIpc) is 3.03. The van der Waals surface area contributed by atoms with E-state index in [-0.39, 0.29) is 11.9 Å². The number of ether oxygens (including phenoxy) is 1. The molecule has 2 rings (SSSR count). The van der Waals surface area contributed by atoms with Gasteiger partial charge in [-0.25, -0.2) is 4.57 Å². The Morgan fingerprint density at radius 3 is 2.55 bits per heavy atom. The molecule has 2 heterocycles. The highest BCUT2D eigenvalue weighted by molar-refractivity contribution is 7.99. The van der Waals surface area contributed by atoms with Crippen LogP contribution in [0.1, 0.15) is 33.1 Å². The maximum absolute atomic E-state index is 13.0. The number of phosphoric acid groups is 1. The van der Waals surface area contributed by atoms with E-state index in [0.29, 0.717) is 12.3 Å². The number of amides is 1. The van der Waals surface area contributed by atoms with Crippen LogP contribution in [0.3, 0.4) is 0 Å². The van der Waals surface area contributed by atoms with Gasteiger partial charge in [-0.05, 0) is 39.0 Å². The van der Waals surface area contributed by atoms with Crippen LogP contribution in [0.4, 0.5) is 0 Å². The Hall–Kier alpha value is 0.0600. The molecule has 0 aromatic carbocycles. The highest BCUT2D eigenvalue weighted by Gasteiger charge is 2.51. The maximum Gasteiger partial charge on any atom is 0.470 e. The molecule has 13 heteroatoms. The number of thioether (sulfide) groups is 1. The number of alkyl halides is 1. The minimum Gasteiger partial charge on any atom is -0.387 e. The molecule has 9 atom stereocenters. The van der Waals surface area contributed by atoms with E-state index < -0.39 is 49.1 Å². The van der Waals surface area contributed by atoms with Crippen molar-refractivity contribution < 1.29 is 38.6 Å². The molecule has 0 aromatic heterocycles. The van der Waals surface area contributed by atoms with E-state index in [1.165, 1.54) is 0 Å². The second kappa shape index (κ2) is 11.5. The summed E-state index contributed by atoms with van der Waals surface area (Å²) in [5, 5.41) is 23.3. The molecule has 182 valence electrons. The van der Waals surface area contributed by atoms with Crippen LogP contribution in [-0.2, 0) is 18.6 Å². The number of aliphatic hydroxyl groups excluding tert-OH is 2. The lowest BCUT2D eigenvalue weighted by Crippen LogP contribution is -2.65. The van der Waals surface area contributed by atoms with Crippen molar-refractivity contribution in [3.05, 3.63) is 0 Å². The van der Waals surface area contributed by atoms with Crippen LogP contribution < -0.4 is 5.32 Å². The minimum absolute atomic E-state index is 0.256. The van der Waals surface area contributed by atoms with Gasteiger partial charge in [0.15, 0.2) is 0 Å². The third-order valence-corrected chi connectivity index (χ3v) is 7.51. The predicted octanol–water partition coefficient (Wildman–Crippen LogP) is 0.507. The second-order valence-electron chi connectivity index (χ2n) is 8.30. The number of hydrogen-bond donors (Lipinski definition) is 5. The molecule has 1 amide bonds. The quantitative estimate of drug-likeness (QED) is 0.222. The summed E-state index contributed by atoms with van der Waals surface area (Å²) < 4.78 is 21.8. The summed E-state index contributed by atoms with van der Waals surface area (Å²) in [6.45, 7) is 4.54. The number of likely N-dealkylation sites (tertiary alicyclic amines) is 1. The smallest absolute Gasteiger partial charge is 0.387 e. The summed E-state index contributed by atoms with van der Waals surface area (Å²) in [6, 6.07) is -1.23. The molecule has 0 bridgehead atoms. The molecule has 0 spiro atoms. The van der Waals surface area contributed by atoms with Crippen molar-refractivity contribution in [2.75, 3.05) is 19.8 Å².